The van der Waals surface area contributed by atoms with Gasteiger partial charge >= 0.3 is 6.18 Å². The van der Waals surface area contributed by atoms with Crippen molar-refractivity contribution in [1.29, 1.82) is 0 Å². The van der Waals surface area contributed by atoms with Crippen molar-refractivity contribution in [2.24, 2.45) is 0 Å². The molecule has 2 heterocycles. The number of halogens is 3. The quantitative estimate of drug-likeness (QED) is 0.781. The Morgan fingerprint density at radius 1 is 1.25 bits per heavy atom. The zero-order valence-corrected chi connectivity index (χ0v) is 14.7. The van der Waals surface area contributed by atoms with Crippen LogP contribution in [0.1, 0.15) is 34.5 Å². The molecular formula is C16H16F3NO2S2. The van der Waals surface area contributed by atoms with Crippen molar-refractivity contribution in [1.82, 2.24) is 4.31 Å². The van der Waals surface area contributed by atoms with Crippen LogP contribution in [0, 0.1) is 6.92 Å². The molecule has 0 bridgehead atoms. The fourth-order valence-corrected chi connectivity index (χ4v) is 5.62. The van der Waals surface area contributed by atoms with E-state index in [0.717, 1.165) is 16.5 Å². The summed E-state index contributed by atoms with van der Waals surface area (Å²) >= 11 is 1.58. The molecule has 3 nitrogen and oxygen atoms in total. The third-order valence-electron chi connectivity index (χ3n) is 4.34. The van der Waals surface area contributed by atoms with Crippen molar-refractivity contribution >= 4 is 21.4 Å². The van der Waals surface area contributed by atoms with Crippen LogP contribution in [0.15, 0.2) is 34.5 Å². The molecule has 1 atom stereocenters. The monoisotopic (exact) mass is 375 g/mol. The Morgan fingerprint density at radius 2 is 1.96 bits per heavy atom. The van der Waals surface area contributed by atoms with Crippen molar-refractivity contribution in [3.8, 4) is 0 Å². The topological polar surface area (TPSA) is 37.4 Å². The Labute approximate surface area is 142 Å². The lowest BCUT2D eigenvalue weighted by Crippen LogP contribution is -2.38. The SMILES string of the molecule is Cc1ccc(S(=O)(=O)N2CCc3sccc3C2C)cc1C(F)(F)F. The molecule has 0 fully saturated rings. The minimum Gasteiger partial charge on any atom is -0.207 e. The molecule has 1 aromatic carbocycles. The predicted octanol–water partition coefficient (Wildman–Crippen LogP) is 4.38. The summed E-state index contributed by atoms with van der Waals surface area (Å²) in [5, 5.41) is 1.91. The lowest BCUT2D eigenvalue weighted by Gasteiger charge is -2.32. The van der Waals surface area contributed by atoms with Gasteiger partial charge in [0.15, 0.2) is 0 Å². The zero-order chi connectivity index (χ0) is 17.7. The maximum absolute atomic E-state index is 13.1. The minimum atomic E-state index is -4.58. The third-order valence-corrected chi connectivity index (χ3v) is 7.30. The Morgan fingerprint density at radius 3 is 2.62 bits per heavy atom. The molecule has 130 valence electrons. The predicted molar refractivity (Wildman–Crippen MR) is 86.5 cm³/mol. The lowest BCUT2D eigenvalue weighted by atomic mass is 10.0. The van der Waals surface area contributed by atoms with Gasteiger partial charge in [-0.1, -0.05) is 6.07 Å². The van der Waals surface area contributed by atoms with Gasteiger partial charge in [0.05, 0.1) is 10.5 Å². The van der Waals surface area contributed by atoms with Gasteiger partial charge < -0.3 is 0 Å². The van der Waals surface area contributed by atoms with Crippen molar-refractivity contribution in [3.05, 3.63) is 51.2 Å². The van der Waals surface area contributed by atoms with Gasteiger partial charge in [0, 0.05) is 17.5 Å². The summed E-state index contributed by atoms with van der Waals surface area (Å²) in [7, 11) is -3.99. The second-order valence-electron chi connectivity index (χ2n) is 5.82. The van der Waals surface area contributed by atoms with E-state index in [9.17, 15) is 21.6 Å². The van der Waals surface area contributed by atoms with Crippen molar-refractivity contribution in [2.75, 3.05) is 6.54 Å². The third kappa shape index (κ3) is 2.87. The van der Waals surface area contributed by atoms with Crippen molar-refractivity contribution < 1.29 is 21.6 Å². The molecule has 0 spiro atoms. The highest BCUT2D eigenvalue weighted by Crippen LogP contribution is 2.38. The number of aryl methyl sites for hydroxylation is 1. The van der Waals surface area contributed by atoms with Gasteiger partial charge in [0.25, 0.3) is 0 Å². The van der Waals surface area contributed by atoms with E-state index in [0.29, 0.717) is 6.42 Å². The molecule has 0 amide bonds. The number of alkyl halides is 3. The summed E-state index contributed by atoms with van der Waals surface area (Å²) in [4.78, 5) is 0.819. The second kappa shape index (κ2) is 5.86. The van der Waals surface area contributed by atoms with Gasteiger partial charge in [-0.3, -0.25) is 0 Å². The zero-order valence-electron chi connectivity index (χ0n) is 13.1. The molecule has 8 heteroatoms. The fraction of sp³-hybridized carbons (Fsp3) is 0.375. The molecule has 1 aromatic heterocycles. The first-order chi connectivity index (χ1) is 11.1. The molecule has 24 heavy (non-hydrogen) atoms. The number of rotatable bonds is 2. The van der Waals surface area contributed by atoms with Gasteiger partial charge in [0.1, 0.15) is 0 Å². The first-order valence-corrected chi connectivity index (χ1v) is 9.70. The number of benzene rings is 1. The summed E-state index contributed by atoms with van der Waals surface area (Å²) in [5.74, 6) is 0. The molecule has 0 saturated heterocycles. The maximum Gasteiger partial charge on any atom is 0.416 e. The standard InChI is InChI=1S/C16H16F3NO2S2/c1-10-3-4-12(9-14(10)16(17,18)19)24(21,22)20-7-5-15-13(11(20)2)6-8-23-15/h3-4,6,8-9,11H,5,7H2,1-2H3. The first kappa shape index (κ1) is 17.4. The lowest BCUT2D eigenvalue weighted by molar-refractivity contribution is -0.138. The summed E-state index contributed by atoms with van der Waals surface area (Å²) in [6.45, 7) is 3.35. The molecule has 1 aliphatic rings. The van der Waals surface area contributed by atoms with Crippen LogP contribution in [-0.2, 0) is 22.6 Å². The number of fused-ring (bicyclic) bond motifs is 1. The Hall–Kier alpha value is -1.38. The second-order valence-corrected chi connectivity index (χ2v) is 8.71. The van der Waals surface area contributed by atoms with Crippen LogP contribution in [0.25, 0.3) is 0 Å². The Bertz CT molecular complexity index is 872. The molecule has 0 N–H and O–H groups in total. The largest absolute Gasteiger partial charge is 0.416 e. The molecule has 1 unspecified atom stereocenters. The summed E-state index contributed by atoms with van der Waals surface area (Å²) < 4.78 is 66.3. The van der Waals surface area contributed by atoms with Crippen LogP contribution in [0.3, 0.4) is 0 Å². The number of hydrogen-bond acceptors (Lipinski definition) is 3. The molecule has 0 saturated carbocycles. The highest BCUT2D eigenvalue weighted by Gasteiger charge is 2.37. The van der Waals surface area contributed by atoms with E-state index in [-0.39, 0.29) is 23.0 Å². The maximum atomic E-state index is 13.1. The highest BCUT2D eigenvalue weighted by molar-refractivity contribution is 7.89. The Kier molecular flexibility index (Phi) is 4.26. The van der Waals surface area contributed by atoms with E-state index in [1.165, 1.54) is 23.4 Å². The normalized spacial score (nSPS) is 19.3. The Balaban J connectivity index is 2.03. The van der Waals surface area contributed by atoms with Crippen molar-refractivity contribution in [3.63, 3.8) is 0 Å². The van der Waals surface area contributed by atoms with Gasteiger partial charge in [-0.05, 0) is 55.0 Å². The van der Waals surface area contributed by atoms with Crippen LogP contribution in [-0.4, -0.2) is 19.3 Å². The molecular weight excluding hydrogens is 359 g/mol. The number of hydrogen-bond donors (Lipinski definition) is 0. The van der Waals surface area contributed by atoms with Crippen LogP contribution in [0.5, 0.6) is 0 Å². The van der Waals surface area contributed by atoms with Gasteiger partial charge in [-0.15, -0.1) is 11.3 Å². The number of thiophene rings is 1. The number of nitrogens with zero attached hydrogens (tertiary/aromatic N) is 1. The van der Waals surface area contributed by atoms with Crippen LogP contribution in [0.4, 0.5) is 13.2 Å². The van der Waals surface area contributed by atoms with E-state index in [2.05, 4.69) is 0 Å². The smallest absolute Gasteiger partial charge is 0.207 e. The number of sulfonamides is 1. The van der Waals surface area contributed by atoms with E-state index in [1.54, 1.807) is 18.3 Å². The average Bonchev–Trinajstić information content (AvgIpc) is 2.95. The summed E-state index contributed by atoms with van der Waals surface area (Å²) in [5.41, 5.74) is 0.0238. The van der Waals surface area contributed by atoms with E-state index < -0.39 is 21.8 Å². The average molecular weight is 375 g/mol. The highest BCUT2D eigenvalue weighted by atomic mass is 32.2. The van der Waals surface area contributed by atoms with Gasteiger partial charge in [0.2, 0.25) is 10.0 Å². The van der Waals surface area contributed by atoms with Crippen LogP contribution < -0.4 is 0 Å². The van der Waals surface area contributed by atoms with Crippen LogP contribution >= 0.6 is 11.3 Å². The minimum absolute atomic E-state index is 0.00765. The van der Waals surface area contributed by atoms with Crippen molar-refractivity contribution in [2.45, 2.75) is 37.4 Å². The van der Waals surface area contributed by atoms with E-state index in [1.807, 2.05) is 11.4 Å². The molecule has 3 rings (SSSR count). The molecule has 0 aliphatic carbocycles. The van der Waals surface area contributed by atoms with Gasteiger partial charge in [-0.25, -0.2) is 8.42 Å². The van der Waals surface area contributed by atoms with E-state index >= 15 is 0 Å². The van der Waals surface area contributed by atoms with Gasteiger partial charge in [-0.2, -0.15) is 17.5 Å². The molecule has 0 radical (unpaired) electrons. The molecule has 1 aliphatic heterocycles. The first-order valence-electron chi connectivity index (χ1n) is 7.38. The van der Waals surface area contributed by atoms with Crippen LogP contribution in [0.2, 0.25) is 0 Å². The summed E-state index contributed by atoms with van der Waals surface area (Å²) in [6, 6.07) is 4.68. The molecule has 2 aromatic rings. The van der Waals surface area contributed by atoms with E-state index in [4.69, 9.17) is 0 Å². The fourth-order valence-electron chi connectivity index (χ4n) is 3.02. The summed E-state index contributed by atoms with van der Waals surface area (Å²) in [6.07, 6.45) is -4.00.